The monoisotopic (exact) mass is 530 g/mol. The largest absolute Gasteiger partial charge is 0.490 e. The fraction of sp³-hybridized carbons (Fsp3) is 0.357. The van der Waals surface area contributed by atoms with Crippen LogP contribution >= 0.6 is 0 Å². The summed E-state index contributed by atoms with van der Waals surface area (Å²) in [6.07, 6.45) is -5.08. The number of aryl methyl sites for hydroxylation is 1. The Morgan fingerprint density at radius 1 is 1.13 bits per heavy atom. The number of piperazine rings is 1. The molecule has 4 rings (SSSR count). The van der Waals surface area contributed by atoms with Crippen LogP contribution in [0.25, 0.3) is 10.8 Å². The number of amides is 1. The number of carboxylic acid groups (broad SMARTS) is 1. The normalized spacial score (nSPS) is 16.7. The number of nitrogens with zero attached hydrogens (tertiary/aromatic N) is 1. The Hall–Kier alpha value is -3.63. The topological polar surface area (TPSA) is 93.7 Å². The molecule has 1 fully saturated rings. The van der Waals surface area contributed by atoms with Gasteiger partial charge in [0.2, 0.25) is 0 Å². The van der Waals surface area contributed by atoms with Crippen LogP contribution in [0.5, 0.6) is 0 Å². The van der Waals surface area contributed by atoms with E-state index in [0.717, 1.165) is 43.0 Å². The first kappa shape index (κ1) is 28.9. The Morgan fingerprint density at radius 2 is 1.82 bits per heavy atom. The lowest BCUT2D eigenvalue weighted by Gasteiger charge is -2.31. The summed E-state index contributed by atoms with van der Waals surface area (Å²) in [5.41, 5.74) is 3.80. The summed E-state index contributed by atoms with van der Waals surface area (Å²) < 4.78 is 31.7. The highest BCUT2D eigenvalue weighted by atomic mass is 19.4. The van der Waals surface area contributed by atoms with Gasteiger partial charge in [-0.15, -0.1) is 0 Å². The van der Waals surface area contributed by atoms with Crippen molar-refractivity contribution >= 4 is 28.3 Å². The van der Waals surface area contributed by atoms with Gasteiger partial charge in [0.25, 0.3) is 5.91 Å². The smallest absolute Gasteiger partial charge is 0.475 e. The SMILES string of the molecule is Cc1ccc(NCC2CN(C)CCN2)cc1C(=O)N[C@H](C)c1cccc2ccccc12.O=C(O)C(F)(F)F. The summed E-state index contributed by atoms with van der Waals surface area (Å²) in [6.45, 7) is 7.98. The van der Waals surface area contributed by atoms with E-state index in [-0.39, 0.29) is 11.9 Å². The second kappa shape index (κ2) is 12.7. The number of hydrogen-bond donors (Lipinski definition) is 4. The number of nitrogens with one attached hydrogen (secondary N) is 3. The van der Waals surface area contributed by atoms with Crippen molar-refractivity contribution in [2.45, 2.75) is 32.1 Å². The number of anilines is 1. The molecule has 4 N–H and O–H groups in total. The van der Waals surface area contributed by atoms with Crippen LogP contribution in [-0.2, 0) is 4.79 Å². The second-order valence-electron chi connectivity index (χ2n) is 9.39. The average molecular weight is 531 g/mol. The highest BCUT2D eigenvalue weighted by molar-refractivity contribution is 5.97. The van der Waals surface area contributed by atoms with Crippen molar-refractivity contribution in [1.29, 1.82) is 0 Å². The number of aliphatic carboxylic acids is 1. The number of rotatable bonds is 6. The number of carboxylic acids is 1. The van der Waals surface area contributed by atoms with E-state index in [0.29, 0.717) is 11.6 Å². The number of benzene rings is 3. The first-order chi connectivity index (χ1) is 18.0. The zero-order valence-electron chi connectivity index (χ0n) is 21.6. The molecule has 1 amide bonds. The lowest BCUT2D eigenvalue weighted by atomic mass is 9.99. The Morgan fingerprint density at radius 3 is 2.50 bits per heavy atom. The standard InChI is InChI=1S/C26H32N4O.C2HF3O2/c1-18-11-12-21(28-16-22-17-30(3)14-13-27-22)15-25(18)26(31)29-19(2)23-10-6-8-20-7-4-5-9-24(20)23;3-2(4,5)1(6)7/h4-12,15,19,22,27-28H,13-14,16-17H2,1-3H3,(H,29,31);(H,6,7)/t19-,22?;/m1./s1. The minimum absolute atomic E-state index is 0.0443. The van der Waals surface area contributed by atoms with Gasteiger partial charge in [0.15, 0.2) is 0 Å². The van der Waals surface area contributed by atoms with Crippen LogP contribution in [0.1, 0.15) is 34.5 Å². The lowest BCUT2D eigenvalue weighted by Crippen LogP contribution is -2.51. The highest BCUT2D eigenvalue weighted by Crippen LogP contribution is 2.25. The first-order valence-electron chi connectivity index (χ1n) is 12.3. The van der Waals surface area contributed by atoms with Gasteiger partial charge >= 0.3 is 12.1 Å². The highest BCUT2D eigenvalue weighted by Gasteiger charge is 2.38. The number of hydrogen-bond acceptors (Lipinski definition) is 5. The number of alkyl halides is 3. The van der Waals surface area contributed by atoms with Gasteiger partial charge in [-0.2, -0.15) is 13.2 Å². The van der Waals surface area contributed by atoms with Gasteiger partial charge in [-0.05, 0) is 54.9 Å². The zero-order chi connectivity index (χ0) is 27.9. The van der Waals surface area contributed by atoms with Crippen molar-refractivity contribution in [1.82, 2.24) is 15.5 Å². The molecule has 1 unspecified atom stereocenters. The third-order valence-corrected chi connectivity index (χ3v) is 6.37. The maximum atomic E-state index is 13.1. The maximum absolute atomic E-state index is 13.1. The first-order valence-corrected chi connectivity index (χ1v) is 12.3. The minimum Gasteiger partial charge on any atom is -0.475 e. The molecule has 204 valence electrons. The molecular weight excluding hydrogens is 497 g/mol. The van der Waals surface area contributed by atoms with E-state index in [1.807, 2.05) is 50.2 Å². The molecule has 1 aliphatic rings. The molecule has 0 radical (unpaired) electrons. The van der Waals surface area contributed by atoms with E-state index in [9.17, 15) is 18.0 Å². The number of likely N-dealkylation sites (N-methyl/N-ethyl adjacent to an activating group) is 1. The Kier molecular flexibility index (Phi) is 9.71. The predicted molar refractivity (Wildman–Crippen MR) is 142 cm³/mol. The summed E-state index contributed by atoms with van der Waals surface area (Å²) in [7, 11) is 2.15. The predicted octanol–water partition coefficient (Wildman–Crippen LogP) is 4.59. The molecule has 1 aliphatic heterocycles. The van der Waals surface area contributed by atoms with Crippen LogP contribution in [0.4, 0.5) is 18.9 Å². The third kappa shape index (κ3) is 7.93. The molecule has 10 heteroatoms. The summed E-state index contributed by atoms with van der Waals surface area (Å²) >= 11 is 0. The van der Waals surface area contributed by atoms with Gasteiger partial charge in [-0.3, -0.25) is 4.79 Å². The number of carbonyl (C=O) groups excluding carboxylic acids is 1. The Bertz CT molecular complexity index is 1260. The van der Waals surface area contributed by atoms with Crippen LogP contribution < -0.4 is 16.0 Å². The maximum Gasteiger partial charge on any atom is 0.490 e. The van der Waals surface area contributed by atoms with Crippen LogP contribution in [0, 0.1) is 6.92 Å². The van der Waals surface area contributed by atoms with Gasteiger partial charge in [0, 0.05) is 43.5 Å². The van der Waals surface area contributed by atoms with E-state index in [2.05, 4.69) is 52.2 Å². The summed E-state index contributed by atoms with van der Waals surface area (Å²) in [4.78, 5) is 24.4. The van der Waals surface area contributed by atoms with Gasteiger partial charge in [0.05, 0.1) is 6.04 Å². The van der Waals surface area contributed by atoms with Gasteiger partial charge in [-0.25, -0.2) is 4.79 Å². The minimum atomic E-state index is -5.08. The van der Waals surface area contributed by atoms with Crippen molar-refractivity contribution in [3.63, 3.8) is 0 Å². The van der Waals surface area contributed by atoms with E-state index >= 15 is 0 Å². The molecule has 3 aromatic carbocycles. The van der Waals surface area contributed by atoms with E-state index in [4.69, 9.17) is 9.90 Å². The molecule has 1 heterocycles. The van der Waals surface area contributed by atoms with Crippen molar-refractivity contribution < 1.29 is 27.9 Å². The molecule has 0 bridgehead atoms. The Labute approximate surface area is 220 Å². The van der Waals surface area contributed by atoms with Crippen molar-refractivity contribution in [2.24, 2.45) is 0 Å². The summed E-state index contributed by atoms with van der Waals surface area (Å²) in [5.74, 6) is -2.80. The molecule has 3 aromatic rings. The summed E-state index contributed by atoms with van der Waals surface area (Å²) in [6, 6.07) is 20.9. The number of carbonyl (C=O) groups is 2. The van der Waals surface area contributed by atoms with Crippen molar-refractivity contribution in [2.75, 3.05) is 38.5 Å². The molecule has 0 aliphatic carbocycles. The van der Waals surface area contributed by atoms with Crippen LogP contribution in [0.2, 0.25) is 0 Å². The molecule has 7 nitrogen and oxygen atoms in total. The summed E-state index contributed by atoms with van der Waals surface area (Å²) in [5, 5.41) is 19.7. The molecule has 0 saturated carbocycles. The lowest BCUT2D eigenvalue weighted by molar-refractivity contribution is -0.192. The van der Waals surface area contributed by atoms with Gasteiger partial charge < -0.3 is 26.0 Å². The van der Waals surface area contributed by atoms with Crippen LogP contribution in [0.15, 0.2) is 60.7 Å². The third-order valence-electron chi connectivity index (χ3n) is 6.37. The number of fused-ring (bicyclic) bond motifs is 1. The van der Waals surface area contributed by atoms with Gasteiger partial charge in [-0.1, -0.05) is 48.5 Å². The molecular formula is C28H33F3N4O3. The fourth-order valence-corrected chi connectivity index (χ4v) is 4.33. The Balaban J connectivity index is 0.000000505. The molecule has 38 heavy (non-hydrogen) atoms. The van der Waals surface area contributed by atoms with Gasteiger partial charge in [0.1, 0.15) is 0 Å². The zero-order valence-corrected chi connectivity index (χ0v) is 21.6. The second-order valence-corrected chi connectivity index (χ2v) is 9.39. The van der Waals surface area contributed by atoms with Crippen molar-refractivity contribution in [3.8, 4) is 0 Å². The quantitative estimate of drug-likeness (QED) is 0.373. The van der Waals surface area contributed by atoms with E-state index < -0.39 is 12.1 Å². The van der Waals surface area contributed by atoms with Crippen molar-refractivity contribution in [3.05, 3.63) is 77.4 Å². The molecule has 0 aromatic heterocycles. The number of halogens is 3. The van der Waals surface area contributed by atoms with E-state index in [1.54, 1.807) is 0 Å². The van der Waals surface area contributed by atoms with Crippen LogP contribution in [0.3, 0.4) is 0 Å². The fourth-order valence-electron chi connectivity index (χ4n) is 4.33. The van der Waals surface area contributed by atoms with Crippen LogP contribution in [-0.4, -0.2) is 67.3 Å². The molecule has 2 atom stereocenters. The molecule has 0 spiro atoms. The van der Waals surface area contributed by atoms with E-state index in [1.165, 1.54) is 10.8 Å². The average Bonchev–Trinajstić information content (AvgIpc) is 2.87. The molecule has 1 saturated heterocycles.